The Hall–Kier alpha value is -0.520. The van der Waals surface area contributed by atoms with Crippen LogP contribution in [0.5, 0.6) is 0 Å². The first kappa shape index (κ1) is 36.6. The van der Waals surface area contributed by atoms with Gasteiger partial charge in [0.15, 0.2) is 0 Å². The molecular weight excluding hydrogens is 278 g/mol. The number of amides is 1. The van der Waals surface area contributed by atoms with E-state index in [0.717, 1.165) is 12.8 Å². The van der Waals surface area contributed by atoms with E-state index in [2.05, 4.69) is 17.6 Å². The topological polar surface area (TPSA) is 87.4 Å². The molecule has 0 rings (SSSR count). The Labute approximate surface area is 133 Å². The smallest absolute Gasteiger partial charge is 0.404 e. The van der Waals surface area contributed by atoms with Crippen molar-refractivity contribution >= 4 is 18.5 Å². The Morgan fingerprint density at radius 1 is 1.05 bits per heavy atom. The van der Waals surface area contributed by atoms with Crippen LogP contribution in [0.25, 0.3) is 0 Å². The highest BCUT2D eigenvalue weighted by Gasteiger charge is 1.90. The van der Waals surface area contributed by atoms with Gasteiger partial charge in [-0.25, -0.2) is 4.79 Å². The minimum atomic E-state index is -0.966. The number of carboxylic acid groups (broad SMARTS) is 1. The second-order valence-electron chi connectivity index (χ2n) is 3.54. The van der Waals surface area contributed by atoms with Crippen LogP contribution in [0, 0.1) is 0 Å². The summed E-state index contributed by atoms with van der Waals surface area (Å²) in [5, 5.41) is 13.4. The standard InChI is InChI=1S/C6H15N.C5H12N2O2.3CH4.ClH/c1-3-4-5-6-7-2;6-3-1-2-4-7-5(8)9;;;;/h7H,3-6H2,1-2H3;7H,1-4,6H2,(H,8,9);3*1H4;1H. The molecule has 0 bridgehead atoms. The third-order valence-electron chi connectivity index (χ3n) is 1.94. The summed E-state index contributed by atoms with van der Waals surface area (Å²) in [6, 6.07) is 0. The monoisotopic (exact) mass is 317 g/mol. The average molecular weight is 318 g/mol. The van der Waals surface area contributed by atoms with Crippen molar-refractivity contribution < 1.29 is 9.90 Å². The fourth-order valence-electron chi connectivity index (χ4n) is 1.02. The van der Waals surface area contributed by atoms with Crippen molar-refractivity contribution in [2.75, 3.05) is 26.7 Å². The number of unbranched alkanes of at least 4 members (excludes halogenated alkanes) is 3. The minimum Gasteiger partial charge on any atom is -0.465 e. The molecule has 0 aromatic rings. The molecule has 5 nitrogen and oxygen atoms in total. The van der Waals surface area contributed by atoms with Crippen LogP contribution in [-0.2, 0) is 0 Å². The molecule has 0 aromatic heterocycles. The van der Waals surface area contributed by atoms with E-state index in [1.807, 2.05) is 7.05 Å². The van der Waals surface area contributed by atoms with Gasteiger partial charge in [-0.15, -0.1) is 12.4 Å². The Kier molecular flexibility index (Phi) is 66.4. The van der Waals surface area contributed by atoms with Crippen LogP contribution in [0.4, 0.5) is 4.79 Å². The minimum absolute atomic E-state index is 0. The number of hydrogen-bond acceptors (Lipinski definition) is 3. The zero-order valence-electron chi connectivity index (χ0n) is 11.0. The molecule has 0 heterocycles. The van der Waals surface area contributed by atoms with Gasteiger partial charge < -0.3 is 21.5 Å². The first-order chi connectivity index (χ1) is 7.68. The molecule has 0 spiro atoms. The van der Waals surface area contributed by atoms with Gasteiger partial charge >= 0.3 is 6.09 Å². The van der Waals surface area contributed by atoms with Crippen LogP contribution in [0.15, 0.2) is 0 Å². The number of nitrogens with two attached hydrogens (primary N) is 1. The van der Waals surface area contributed by atoms with Gasteiger partial charge in [-0.1, -0.05) is 42.0 Å². The summed E-state index contributed by atoms with van der Waals surface area (Å²) in [5.41, 5.74) is 5.17. The van der Waals surface area contributed by atoms with Crippen LogP contribution in [0.1, 0.15) is 61.3 Å². The van der Waals surface area contributed by atoms with Crippen molar-refractivity contribution in [3.8, 4) is 0 Å². The maximum absolute atomic E-state index is 9.82. The van der Waals surface area contributed by atoms with Crippen molar-refractivity contribution in [3.05, 3.63) is 0 Å². The van der Waals surface area contributed by atoms with E-state index in [-0.39, 0.29) is 34.7 Å². The normalized spacial score (nSPS) is 7.35. The highest BCUT2D eigenvalue weighted by Crippen LogP contribution is 1.89. The molecule has 0 aliphatic rings. The largest absolute Gasteiger partial charge is 0.465 e. The summed E-state index contributed by atoms with van der Waals surface area (Å²) in [6.07, 6.45) is 4.74. The second kappa shape index (κ2) is 36.3. The summed E-state index contributed by atoms with van der Waals surface area (Å²) in [6.45, 7) is 4.53. The summed E-state index contributed by atoms with van der Waals surface area (Å²) in [4.78, 5) is 9.82. The van der Waals surface area contributed by atoms with Gasteiger partial charge in [-0.2, -0.15) is 0 Å². The van der Waals surface area contributed by atoms with Gasteiger partial charge in [0.1, 0.15) is 0 Å². The van der Waals surface area contributed by atoms with Crippen molar-refractivity contribution in [2.24, 2.45) is 5.73 Å². The summed E-state index contributed by atoms with van der Waals surface area (Å²) in [5.74, 6) is 0. The predicted octanol–water partition coefficient (Wildman–Crippen LogP) is 3.72. The lowest BCUT2D eigenvalue weighted by atomic mass is 10.2. The second-order valence-corrected chi connectivity index (χ2v) is 3.54. The lowest BCUT2D eigenvalue weighted by molar-refractivity contribution is 0.194. The highest BCUT2D eigenvalue weighted by atomic mass is 35.5. The third kappa shape index (κ3) is 52.8. The quantitative estimate of drug-likeness (QED) is 0.514. The maximum atomic E-state index is 9.82. The van der Waals surface area contributed by atoms with Crippen LogP contribution in [-0.4, -0.2) is 37.9 Å². The van der Waals surface area contributed by atoms with Gasteiger partial charge in [0.05, 0.1) is 0 Å². The van der Waals surface area contributed by atoms with Gasteiger partial charge in [-0.05, 0) is 39.4 Å². The zero-order valence-corrected chi connectivity index (χ0v) is 11.8. The highest BCUT2D eigenvalue weighted by molar-refractivity contribution is 5.85. The Balaban J connectivity index is -0.0000000416. The summed E-state index contributed by atoms with van der Waals surface area (Å²) < 4.78 is 0. The molecule has 20 heavy (non-hydrogen) atoms. The lowest BCUT2D eigenvalue weighted by Crippen LogP contribution is -2.22. The molecule has 0 saturated carbocycles. The molecule has 0 aliphatic carbocycles. The van der Waals surface area contributed by atoms with Crippen LogP contribution in [0.3, 0.4) is 0 Å². The fourth-order valence-corrected chi connectivity index (χ4v) is 1.02. The molecule has 0 fully saturated rings. The van der Waals surface area contributed by atoms with E-state index in [4.69, 9.17) is 10.8 Å². The molecule has 0 radical (unpaired) electrons. The van der Waals surface area contributed by atoms with Gasteiger partial charge in [-0.3, -0.25) is 0 Å². The van der Waals surface area contributed by atoms with Crippen molar-refractivity contribution in [2.45, 2.75) is 61.3 Å². The molecule has 0 atom stereocenters. The van der Waals surface area contributed by atoms with Crippen LogP contribution < -0.4 is 16.4 Å². The van der Waals surface area contributed by atoms with Crippen molar-refractivity contribution in [1.82, 2.24) is 10.6 Å². The summed E-state index contributed by atoms with van der Waals surface area (Å²) >= 11 is 0. The van der Waals surface area contributed by atoms with Gasteiger partial charge in [0.2, 0.25) is 0 Å². The SMILES string of the molecule is C.C.C.CCCCCNC.Cl.NCCCCNC(=O)O. The number of carbonyl (C=O) groups is 1. The first-order valence-corrected chi connectivity index (χ1v) is 6.00. The Bertz CT molecular complexity index is 146. The van der Waals surface area contributed by atoms with Gasteiger partial charge in [0, 0.05) is 6.54 Å². The van der Waals surface area contributed by atoms with Crippen LogP contribution >= 0.6 is 12.4 Å². The molecule has 1 amide bonds. The molecule has 0 saturated heterocycles. The molecule has 6 heteroatoms. The number of halogens is 1. The molecular formula is C14H40ClN3O2. The average Bonchev–Trinajstić information content (AvgIpc) is 2.26. The molecule has 5 N–H and O–H groups in total. The number of rotatable bonds is 8. The van der Waals surface area contributed by atoms with Crippen molar-refractivity contribution in [1.29, 1.82) is 0 Å². The van der Waals surface area contributed by atoms with Crippen LogP contribution in [0.2, 0.25) is 0 Å². The van der Waals surface area contributed by atoms with E-state index >= 15 is 0 Å². The van der Waals surface area contributed by atoms with E-state index in [9.17, 15) is 4.79 Å². The molecule has 0 unspecified atom stereocenters. The Morgan fingerprint density at radius 2 is 1.55 bits per heavy atom. The first-order valence-electron chi connectivity index (χ1n) is 6.00. The van der Waals surface area contributed by atoms with E-state index in [1.54, 1.807) is 0 Å². The maximum Gasteiger partial charge on any atom is 0.404 e. The van der Waals surface area contributed by atoms with E-state index in [1.165, 1.54) is 25.8 Å². The lowest BCUT2D eigenvalue weighted by Gasteiger charge is -1.96. The van der Waals surface area contributed by atoms with E-state index in [0.29, 0.717) is 13.1 Å². The van der Waals surface area contributed by atoms with E-state index < -0.39 is 6.09 Å². The predicted molar refractivity (Wildman–Crippen MR) is 95.2 cm³/mol. The number of nitrogens with one attached hydrogen (secondary N) is 2. The molecule has 130 valence electrons. The fraction of sp³-hybridized carbons (Fsp3) is 0.929. The summed E-state index contributed by atoms with van der Waals surface area (Å²) in [7, 11) is 2.00. The van der Waals surface area contributed by atoms with Crippen molar-refractivity contribution in [3.63, 3.8) is 0 Å². The third-order valence-corrected chi connectivity index (χ3v) is 1.94. The molecule has 0 aliphatic heterocycles. The number of hydrogen-bond donors (Lipinski definition) is 4. The Morgan fingerprint density at radius 3 is 1.90 bits per heavy atom. The molecule has 0 aromatic carbocycles. The zero-order chi connectivity index (χ0) is 12.6. The van der Waals surface area contributed by atoms with Gasteiger partial charge in [0.25, 0.3) is 0 Å².